The molecular formula is C19H21BrN2O5S. The highest BCUT2D eigenvalue weighted by atomic mass is 79.9. The normalized spacial score (nSPS) is 15.9. The van der Waals surface area contributed by atoms with Crippen LogP contribution in [0.25, 0.3) is 0 Å². The number of sulfonamides is 1. The van der Waals surface area contributed by atoms with Gasteiger partial charge < -0.3 is 14.4 Å². The molecule has 28 heavy (non-hydrogen) atoms. The van der Waals surface area contributed by atoms with Crippen LogP contribution in [0.3, 0.4) is 0 Å². The molecule has 0 bridgehead atoms. The second-order valence-corrected chi connectivity index (χ2v) is 9.10. The molecule has 150 valence electrons. The maximum absolute atomic E-state index is 13.2. The Bertz CT molecular complexity index is 1040. The van der Waals surface area contributed by atoms with E-state index in [9.17, 15) is 13.2 Å². The second kappa shape index (κ2) is 7.63. The smallest absolute Gasteiger partial charge is 0.264 e. The van der Waals surface area contributed by atoms with Crippen molar-refractivity contribution in [3.05, 3.63) is 40.4 Å². The van der Waals surface area contributed by atoms with Gasteiger partial charge >= 0.3 is 0 Å². The predicted molar refractivity (Wildman–Crippen MR) is 111 cm³/mol. The lowest BCUT2D eigenvalue weighted by molar-refractivity contribution is -0.116. The van der Waals surface area contributed by atoms with Gasteiger partial charge in [-0.3, -0.25) is 9.52 Å². The summed E-state index contributed by atoms with van der Waals surface area (Å²) in [6, 6.07) is 7.99. The van der Waals surface area contributed by atoms with Gasteiger partial charge in [-0.1, -0.05) is 15.9 Å². The molecule has 9 heteroatoms. The zero-order valence-electron chi connectivity index (χ0n) is 15.9. The van der Waals surface area contributed by atoms with E-state index >= 15 is 0 Å². The summed E-state index contributed by atoms with van der Waals surface area (Å²) in [7, 11) is -0.986. The number of ether oxygens (including phenoxy) is 2. The van der Waals surface area contributed by atoms with E-state index in [2.05, 4.69) is 20.7 Å². The highest BCUT2D eigenvalue weighted by Crippen LogP contribution is 2.41. The molecule has 0 saturated carbocycles. The predicted octanol–water partition coefficient (Wildman–Crippen LogP) is 3.56. The Morgan fingerprint density at radius 1 is 1.18 bits per heavy atom. The number of anilines is 2. The number of carbonyl (C=O) groups is 1. The fraction of sp³-hybridized carbons (Fsp3) is 0.316. The number of amides is 1. The molecule has 0 spiro atoms. The lowest BCUT2D eigenvalue weighted by Crippen LogP contribution is -2.34. The zero-order valence-corrected chi connectivity index (χ0v) is 18.3. The van der Waals surface area contributed by atoms with Crippen molar-refractivity contribution in [1.82, 2.24) is 0 Å². The molecule has 1 heterocycles. The van der Waals surface area contributed by atoms with Crippen LogP contribution in [0.2, 0.25) is 0 Å². The van der Waals surface area contributed by atoms with Gasteiger partial charge in [0, 0.05) is 23.5 Å². The number of fused-ring (bicyclic) bond motifs is 1. The Morgan fingerprint density at radius 3 is 2.46 bits per heavy atom. The SMILES string of the molecule is COc1ccc(NS(=O)(=O)c2cc(Br)cc3c2N(C(C)=O)[C@@H](C)C3)cc1OC. The lowest BCUT2D eigenvalue weighted by Gasteiger charge is -2.23. The first-order chi connectivity index (χ1) is 13.2. The molecule has 0 aromatic heterocycles. The molecule has 7 nitrogen and oxygen atoms in total. The van der Waals surface area contributed by atoms with Crippen LogP contribution in [0, 0.1) is 0 Å². The summed E-state index contributed by atoms with van der Waals surface area (Å²) in [5, 5.41) is 0. The largest absolute Gasteiger partial charge is 0.493 e. The number of carbonyl (C=O) groups excluding carboxylic acids is 1. The van der Waals surface area contributed by atoms with Crippen LogP contribution in [0.1, 0.15) is 19.4 Å². The molecule has 0 saturated heterocycles. The quantitative estimate of drug-likeness (QED) is 0.724. The van der Waals surface area contributed by atoms with Crippen LogP contribution in [0.15, 0.2) is 39.7 Å². The van der Waals surface area contributed by atoms with Gasteiger partial charge in [0.15, 0.2) is 11.5 Å². The second-order valence-electron chi connectivity index (χ2n) is 6.53. The van der Waals surface area contributed by atoms with E-state index in [1.165, 1.54) is 32.1 Å². The summed E-state index contributed by atoms with van der Waals surface area (Å²) >= 11 is 3.38. The molecular weight excluding hydrogens is 448 g/mol. The van der Waals surface area contributed by atoms with Crippen LogP contribution in [0.4, 0.5) is 11.4 Å². The van der Waals surface area contributed by atoms with E-state index in [0.717, 1.165) is 5.56 Å². The third-order valence-electron chi connectivity index (χ3n) is 4.58. The van der Waals surface area contributed by atoms with Crippen molar-refractivity contribution in [2.45, 2.75) is 31.2 Å². The number of nitrogens with zero attached hydrogens (tertiary/aromatic N) is 1. The Kier molecular flexibility index (Phi) is 5.58. The molecule has 1 aliphatic heterocycles. The summed E-state index contributed by atoms with van der Waals surface area (Å²) in [6.07, 6.45) is 0.591. The van der Waals surface area contributed by atoms with Crippen LogP contribution in [-0.2, 0) is 21.2 Å². The molecule has 3 rings (SSSR count). The van der Waals surface area contributed by atoms with Gasteiger partial charge in [0.05, 0.1) is 25.6 Å². The van der Waals surface area contributed by atoms with Crippen LogP contribution in [-0.4, -0.2) is 34.6 Å². The average Bonchev–Trinajstić information content (AvgIpc) is 2.95. The van der Waals surface area contributed by atoms with Crippen molar-refractivity contribution in [3.8, 4) is 11.5 Å². The first-order valence-electron chi connectivity index (χ1n) is 8.55. The first-order valence-corrected chi connectivity index (χ1v) is 10.8. The number of benzene rings is 2. The maximum atomic E-state index is 13.2. The van der Waals surface area contributed by atoms with Gasteiger partial charge in [0.25, 0.3) is 10.0 Å². The van der Waals surface area contributed by atoms with Crippen molar-refractivity contribution in [1.29, 1.82) is 0 Å². The summed E-state index contributed by atoms with van der Waals surface area (Å²) in [6.45, 7) is 3.33. The van der Waals surface area contributed by atoms with Crippen molar-refractivity contribution in [3.63, 3.8) is 0 Å². The van der Waals surface area contributed by atoms with Crippen molar-refractivity contribution in [2.75, 3.05) is 23.8 Å². The lowest BCUT2D eigenvalue weighted by atomic mass is 10.1. The van der Waals surface area contributed by atoms with Crippen LogP contribution < -0.4 is 19.1 Å². The molecule has 0 unspecified atom stereocenters. The van der Waals surface area contributed by atoms with Crippen molar-refractivity contribution in [2.24, 2.45) is 0 Å². The summed E-state index contributed by atoms with van der Waals surface area (Å²) in [4.78, 5) is 13.7. The van der Waals surface area contributed by atoms with E-state index in [4.69, 9.17) is 9.47 Å². The number of nitrogens with one attached hydrogen (secondary N) is 1. The topological polar surface area (TPSA) is 84.9 Å². The number of halogens is 1. The third kappa shape index (κ3) is 3.68. The van der Waals surface area contributed by atoms with E-state index in [0.29, 0.717) is 33.8 Å². The number of methoxy groups -OCH3 is 2. The van der Waals surface area contributed by atoms with Gasteiger partial charge in [0.2, 0.25) is 5.91 Å². The molecule has 1 amide bonds. The monoisotopic (exact) mass is 468 g/mol. The van der Waals surface area contributed by atoms with E-state index in [1.807, 2.05) is 13.0 Å². The van der Waals surface area contributed by atoms with Crippen LogP contribution >= 0.6 is 15.9 Å². The number of hydrogen-bond donors (Lipinski definition) is 1. The van der Waals surface area contributed by atoms with Gasteiger partial charge in [0.1, 0.15) is 4.90 Å². The fourth-order valence-electron chi connectivity index (χ4n) is 3.47. The average molecular weight is 469 g/mol. The Balaban J connectivity index is 2.08. The van der Waals surface area contributed by atoms with E-state index in [1.54, 1.807) is 18.2 Å². The standard InChI is InChI=1S/C19H21BrN2O5S/c1-11-7-13-8-14(20)9-18(19(13)22(11)12(2)23)28(24,25)21-15-5-6-16(26-3)17(10-15)27-4/h5-6,8-11,21H,7H2,1-4H3/t11-/m0/s1. The van der Waals surface area contributed by atoms with Gasteiger partial charge in [-0.2, -0.15) is 0 Å². The maximum Gasteiger partial charge on any atom is 0.264 e. The minimum absolute atomic E-state index is 0.0474. The summed E-state index contributed by atoms with van der Waals surface area (Å²) < 4.78 is 40.0. The molecule has 0 aliphatic carbocycles. The van der Waals surface area contributed by atoms with E-state index in [-0.39, 0.29) is 16.8 Å². The Labute approximate surface area is 172 Å². The third-order valence-corrected chi connectivity index (χ3v) is 6.43. The molecule has 2 aromatic rings. The minimum Gasteiger partial charge on any atom is -0.493 e. The van der Waals surface area contributed by atoms with E-state index < -0.39 is 10.0 Å². The van der Waals surface area contributed by atoms with Gasteiger partial charge in [-0.15, -0.1) is 0 Å². The molecule has 2 aromatic carbocycles. The van der Waals surface area contributed by atoms with Crippen LogP contribution in [0.5, 0.6) is 11.5 Å². The molecule has 0 radical (unpaired) electrons. The van der Waals surface area contributed by atoms with Gasteiger partial charge in [-0.25, -0.2) is 8.42 Å². The minimum atomic E-state index is -3.97. The zero-order chi connectivity index (χ0) is 20.6. The molecule has 0 fully saturated rings. The molecule has 1 aliphatic rings. The van der Waals surface area contributed by atoms with Crippen molar-refractivity contribution >= 4 is 43.2 Å². The Hall–Kier alpha value is -2.26. The summed E-state index contributed by atoms with van der Waals surface area (Å²) in [5.41, 5.74) is 1.56. The van der Waals surface area contributed by atoms with Crippen molar-refractivity contribution < 1.29 is 22.7 Å². The highest BCUT2D eigenvalue weighted by Gasteiger charge is 2.35. The molecule has 1 atom stereocenters. The first kappa shape index (κ1) is 20.5. The highest BCUT2D eigenvalue weighted by molar-refractivity contribution is 9.10. The Morgan fingerprint density at radius 2 is 1.86 bits per heavy atom. The number of hydrogen-bond acceptors (Lipinski definition) is 5. The van der Waals surface area contributed by atoms with Gasteiger partial charge in [-0.05, 0) is 43.2 Å². The fourth-order valence-corrected chi connectivity index (χ4v) is 5.44. The molecule has 1 N–H and O–H groups in total. The number of rotatable bonds is 5. The summed E-state index contributed by atoms with van der Waals surface area (Å²) in [5.74, 6) is 0.697.